The molecular formula is C19H23NO3. The Labute approximate surface area is 137 Å². The fraction of sp³-hybridized carbons (Fsp3) is 0.316. The van der Waals surface area contributed by atoms with Crippen LogP contribution in [-0.4, -0.2) is 25.7 Å². The number of ether oxygens (including phenoxy) is 2. The summed E-state index contributed by atoms with van der Waals surface area (Å²) < 4.78 is 10.8. The number of nitrogens with one attached hydrogen (secondary N) is 1. The topological polar surface area (TPSA) is 47.6 Å². The van der Waals surface area contributed by atoms with Gasteiger partial charge in [-0.25, -0.2) is 0 Å². The minimum Gasteiger partial charge on any atom is -0.494 e. The predicted molar refractivity (Wildman–Crippen MR) is 90.4 cm³/mol. The number of carbonyl (C=O) groups excluding carboxylic acids is 1. The van der Waals surface area contributed by atoms with Gasteiger partial charge in [0.25, 0.3) is 0 Å². The summed E-state index contributed by atoms with van der Waals surface area (Å²) in [6.45, 7) is 2.89. The van der Waals surface area contributed by atoms with Gasteiger partial charge in [0.05, 0.1) is 6.61 Å². The minimum atomic E-state index is -0.364. The third-order valence-electron chi connectivity index (χ3n) is 3.53. The maximum Gasteiger partial charge on any atom is 0.323 e. The van der Waals surface area contributed by atoms with Crippen LogP contribution in [0.5, 0.6) is 5.75 Å². The van der Waals surface area contributed by atoms with Crippen LogP contribution in [0.2, 0.25) is 0 Å². The van der Waals surface area contributed by atoms with E-state index in [-0.39, 0.29) is 12.0 Å². The Hall–Kier alpha value is -2.33. The maximum absolute atomic E-state index is 12.2. The van der Waals surface area contributed by atoms with E-state index in [2.05, 4.69) is 5.32 Å². The van der Waals surface area contributed by atoms with Gasteiger partial charge in [-0.15, -0.1) is 0 Å². The fourth-order valence-corrected chi connectivity index (χ4v) is 2.26. The van der Waals surface area contributed by atoms with Crippen molar-refractivity contribution in [3.05, 3.63) is 65.7 Å². The zero-order chi connectivity index (χ0) is 16.5. The van der Waals surface area contributed by atoms with Gasteiger partial charge in [-0.1, -0.05) is 42.5 Å². The Bertz CT molecular complexity index is 596. The van der Waals surface area contributed by atoms with E-state index in [0.29, 0.717) is 19.6 Å². The van der Waals surface area contributed by atoms with E-state index >= 15 is 0 Å². The van der Waals surface area contributed by atoms with Crippen LogP contribution in [0.15, 0.2) is 54.6 Å². The van der Waals surface area contributed by atoms with E-state index in [9.17, 15) is 4.79 Å². The van der Waals surface area contributed by atoms with Crippen molar-refractivity contribution in [3.63, 3.8) is 0 Å². The maximum atomic E-state index is 12.2. The molecule has 0 spiro atoms. The van der Waals surface area contributed by atoms with Gasteiger partial charge in [0, 0.05) is 0 Å². The Kier molecular flexibility index (Phi) is 6.63. The highest BCUT2D eigenvalue weighted by molar-refractivity contribution is 5.76. The second-order valence-corrected chi connectivity index (χ2v) is 5.22. The summed E-state index contributed by atoms with van der Waals surface area (Å²) >= 11 is 0. The van der Waals surface area contributed by atoms with Crippen molar-refractivity contribution in [3.8, 4) is 5.75 Å². The third kappa shape index (κ3) is 5.42. The lowest BCUT2D eigenvalue weighted by Crippen LogP contribution is -2.37. The van der Waals surface area contributed by atoms with Crippen LogP contribution >= 0.6 is 0 Å². The van der Waals surface area contributed by atoms with Gasteiger partial charge < -0.3 is 14.8 Å². The average molecular weight is 313 g/mol. The Morgan fingerprint density at radius 1 is 1.04 bits per heavy atom. The molecule has 0 amide bonds. The highest BCUT2D eigenvalue weighted by Gasteiger charge is 2.18. The molecule has 23 heavy (non-hydrogen) atoms. The molecule has 0 saturated heterocycles. The van der Waals surface area contributed by atoms with E-state index in [1.807, 2.05) is 61.5 Å². The summed E-state index contributed by atoms with van der Waals surface area (Å²) in [5, 5.41) is 3.02. The summed E-state index contributed by atoms with van der Waals surface area (Å²) in [6, 6.07) is 17.1. The van der Waals surface area contributed by atoms with Gasteiger partial charge in [0.1, 0.15) is 18.4 Å². The summed E-state index contributed by atoms with van der Waals surface area (Å²) in [4.78, 5) is 12.2. The predicted octanol–water partition coefficient (Wildman–Crippen LogP) is 2.96. The zero-order valence-electron chi connectivity index (χ0n) is 13.6. The molecule has 2 aromatic carbocycles. The second-order valence-electron chi connectivity index (χ2n) is 5.22. The third-order valence-corrected chi connectivity index (χ3v) is 3.53. The molecule has 1 N–H and O–H groups in total. The smallest absolute Gasteiger partial charge is 0.323 e. The van der Waals surface area contributed by atoms with Crippen molar-refractivity contribution in [2.75, 3.05) is 13.7 Å². The quantitative estimate of drug-likeness (QED) is 0.761. The number of hydrogen-bond donors (Lipinski definition) is 1. The number of esters is 1. The molecule has 0 aliphatic rings. The largest absolute Gasteiger partial charge is 0.494 e. The number of rotatable bonds is 8. The molecule has 122 valence electrons. The number of hydrogen-bond acceptors (Lipinski definition) is 4. The molecule has 1 atom stereocenters. The molecule has 0 fully saturated rings. The van der Waals surface area contributed by atoms with Crippen LogP contribution < -0.4 is 10.1 Å². The van der Waals surface area contributed by atoms with Crippen LogP contribution in [0.3, 0.4) is 0 Å². The Morgan fingerprint density at radius 2 is 1.74 bits per heavy atom. The standard InChI is InChI=1S/C19H23NO3/c1-3-22-17-11-9-15(10-12-17)13-18(20-2)19(21)23-14-16-7-5-4-6-8-16/h4-12,18,20H,3,13-14H2,1-2H3/t18-/m0/s1. The molecule has 0 saturated carbocycles. The van der Waals surface area contributed by atoms with Gasteiger partial charge in [-0.3, -0.25) is 4.79 Å². The van der Waals surface area contributed by atoms with Crippen molar-refractivity contribution in [1.82, 2.24) is 5.32 Å². The minimum absolute atomic E-state index is 0.245. The molecular weight excluding hydrogens is 290 g/mol. The first kappa shape index (κ1) is 17.0. The molecule has 4 heteroatoms. The van der Waals surface area contributed by atoms with E-state index in [0.717, 1.165) is 16.9 Å². The molecule has 0 radical (unpaired) electrons. The Morgan fingerprint density at radius 3 is 2.35 bits per heavy atom. The number of benzene rings is 2. The van der Waals surface area contributed by atoms with E-state index in [1.165, 1.54) is 0 Å². The average Bonchev–Trinajstić information content (AvgIpc) is 2.60. The first-order valence-electron chi connectivity index (χ1n) is 7.82. The van der Waals surface area contributed by atoms with E-state index in [1.54, 1.807) is 7.05 Å². The molecule has 0 unspecified atom stereocenters. The van der Waals surface area contributed by atoms with Crippen molar-refractivity contribution < 1.29 is 14.3 Å². The van der Waals surface area contributed by atoms with Crippen molar-refractivity contribution in [2.45, 2.75) is 26.0 Å². The Balaban J connectivity index is 1.89. The first-order valence-corrected chi connectivity index (χ1v) is 7.82. The summed E-state index contributed by atoms with van der Waals surface area (Å²) in [5.41, 5.74) is 2.04. The summed E-state index contributed by atoms with van der Waals surface area (Å²) in [7, 11) is 1.77. The lowest BCUT2D eigenvalue weighted by molar-refractivity contribution is -0.147. The molecule has 4 nitrogen and oxygen atoms in total. The van der Waals surface area contributed by atoms with Crippen LogP contribution in [0, 0.1) is 0 Å². The number of carbonyl (C=O) groups is 1. The van der Waals surface area contributed by atoms with Gasteiger partial charge in [-0.05, 0) is 43.7 Å². The van der Waals surface area contributed by atoms with Gasteiger partial charge in [-0.2, -0.15) is 0 Å². The van der Waals surface area contributed by atoms with E-state index in [4.69, 9.17) is 9.47 Å². The molecule has 0 aliphatic carbocycles. The SMILES string of the molecule is CCOc1ccc(C[C@H](NC)C(=O)OCc2ccccc2)cc1. The summed E-state index contributed by atoms with van der Waals surface area (Å²) in [5.74, 6) is 0.592. The molecule has 0 aromatic heterocycles. The molecule has 0 aliphatic heterocycles. The highest BCUT2D eigenvalue weighted by atomic mass is 16.5. The lowest BCUT2D eigenvalue weighted by atomic mass is 10.1. The fourth-order valence-electron chi connectivity index (χ4n) is 2.26. The van der Waals surface area contributed by atoms with Gasteiger partial charge in [0.2, 0.25) is 0 Å². The van der Waals surface area contributed by atoms with Crippen molar-refractivity contribution in [2.24, 2.45) is 0 Å². The molecule has 2 rings (SSSR count). The van der Waals surface area contributed by atoms with Gasteiger partial charge in [0.15, 0.2) is 0 Å². The first-order chi connectivity index (χ1) is 11.2. The molecule has 0 bridgehead atoms. The van der Waals surface area contributed by atoms with Crippen LogP contribution in [0.4, 0.5) is 0 Å². The molecule has 0 heterocycles. The van der Waals surface area contributed by atoms with Gasteiger partial charge >= 0.3 is 5.97 Å². The highest BCUT2D eigenvalue weighted by Crippen LogP contribution is 2.14. The molecule has 2 aromatic rings. The number of likely N-dealkylation sites (N-methyl/N-ethyl adjacent to an activating group) is 1. The van der Waals surface area contributed by atoms with Crippen molar-refractivity contribution >= 4 is 5.97 Å². The summed E-state index contributed by atoms with van der Waals surface area (Å²) in [6.07, 6.45) is 0.580. The zero-order valence-corrected chi connectivity index (χ0v) is 13.6. The normalized spacial score (nSPS) is 11.7. The van der Waals surface area contributed by atoms with E-state index < -0.39 is 0 Å². The lowest BCUT2D eigenvalue weighted by Gasteiger charge is -2.15. The van der Waals surface area contributed by atoms with Crippen molar-refractivity contribution in [1.29, 1.82) is 0 Å². The van der Waals surface area contributed by atoms with Crippen LogP contribution in [0.25, 0.3) is 0 Å². The monoisotopic (exact) mass is 313 g/mol. The van der Waals surface area contributed by atoms with Crippen LogP contribution in [0.1, 0.15) is 18.1 Å². The second kappa shape index (κ2) is 8.96. The van der Waals surface area contributed by atoms with Crippen LogP contribution in [-0.2, 0) is 22.6 Å².